The van der Waals surface area contributed by atoms with Crippen LogP contribution in [0.4, 0.5) is 0 Å². The van der Waals surface area contributed by atoms with Crippen molar-refractivity contribution in [2.24, 2.45) is 16.0 Å². The molecule has 2 N–H and O–H groups in total. The molecule has 0 aliphatic heterocycles. The SMILES string of the molecule is CC(C)ON=C(N)C(=NOC(C)C)n1cncn1. The molecule has 0 unspecified atom stereocenters. The van der Waals surface area contributed by atoms with Crippen LogP contribution in [0.5, 0.6) is 0 Å². The molecule has 1 heterocycles. The van der Waals surface area contributed by atoms with Crippen LogP contribution < -0.4 is 5.73 Å². The highest BCUT2D eigenvalue weighted by Gasteiger charge is 2.12. The van der Waals surface area contributed by atoms with Gasteiger partial charge in [0.05, 0.1) is 0 Å². The first-order chi connectivity index (χ1) is 8.50. The third-order valence-corrected chi connectivity index (χ3v) is 1.58. The molecule has 0 bridgehead atoms. The maximum Gasteiger partial charge on any atom is 0.240 e. The van der Waals surface area contributed by atoms with E-state index < -0.39 is 0 Å². The van der Waals surface area contributed by atoms with Crippen molar-refractivity contribution in [2.45, 2.75) is 39.9 Å². The number of oxime groups is 2. The molecular formula is C10H18N6O2. The number of amidine groups is 1. The number of hydrogen-bond acceptors (Lipinski definition) is 6. The van der Waals surface area contributed by atoms with Crippen LogP contribution in [0.15, 0.2) is 23.0 Å². The Morgan fingerprint density at radius 1 is 1.17 bits per heavy atom. The summed E-state index contributed by atoms with van der Waals surface area (Å²) in [5.41, 5.74) is 5.77. The van der Waals surface area contributed by atoms with E-state index in [4.69, 9.17) is 15.4 Å². The Kier molecular flexibility index (Phi) is 5.09. The van der Waals surface area contributed by atoms with E-state index in [-0.39, 0.29) is 23.9 Å². The van der Waals surface area contributed by atoms with E-state index in [2.05, 4.69) is 20.4 Å². The van der Waals surface area contributed by atoms with Crippen LogP contribution in [0.1, 0.15) is 27.7 Å². The summed E-state index contributed by atoms with van der Waals surface area (Å²) < 4.78 is 1.35. The zero-order valence-corrected chi connectivity index (χ0v) is 10.9. The zero-order valence-electron chi connectivity index (χ0n) is 10.9. The topological polar surface area (TPSA) is 99.9 Å². The number of hydrogen-bond donors (Lipinski definition) is 1. The fraction of sp³-hybridized carbons (Fsp3) is 0.600. The quantitative estimate of drug-likeness (QED) is 0.481. The van der Waals surface area contributed by atoms with Crippen molar-refractivity contribution in [1.82, 2.24) is 14.8 Å². The standard InChI is InChI=1S/C10H18N6O2/c1-7(2)17-14-9(11)10(15-18-8(3)4)16-6-12-5-13-16/h5-8H,1-4H3,(H2,11,14). The van der Waals surface area contributed by atoms with Crippen molar-refractivity contribution in [3.05, 3.63) is 12.7 Å². The minimum atomic E-state index is -0.0812. The predicted molar refractivity (Wildman–Crippen MR) is 66.9 cm³/mol. The predicted octanol–water partition coefficient (Wildman–Crippen LogP) is 0.562. The lowest BCUT2D eigenvalue weighted by Crippen LogP contribution is -2.32. The van der Waals surface area contributed by atoms with Crippen LogP contribution in [-0.4, -0.2) is 38.6 Å². The average molecular weight is 254 g/mol. The van der Waals surface area contributed by atoms with Crippen LogP contribution in [0.25, 0.3) is 0 Å². The summed E-state index contributed by atoms with van der Waals surface area (Å²) >= 11 is 0. The molecule has 1 aromatic heterocycles. The lowest BCUT2D eigenvalue weighted by atomic mass is 10.5. The summed E-state index contributed by atoms with van der Waals surface area (Å²) in [5.74, 6) is 0.289. The largest absolute Gasteiger partial charge is 0.391 e. The van der Waals surface area contributed by atoms with E-state index in [9.17, 15) is 0 Å². The molecule has 8 heteroatoms. The number of aromatic nitrogens is 3. The van der Waals surface area contributed by atoms with Crippen LogP contribution in [0, 0.1) is 0 Å². The second-order valence-corrected chi connectivity index (χ2v) is 4.04. The van der Waals surface area contributed by atoms with Crippen molar-refractivity contribution >= 4 is 11.7 Å². The fourth-order valence-corrected chi connectivity index (χ4v) is 0.882. The van der Waals surface area contributed by atoms with E-state index >= 15 is 0 Å². The van der Waals surface area contributed by atoms with Crippen molar-refractivity contribution < 1.29 is 9.68 Å². The molecule has 0 saturated heterocycles. The Morgan fingerprint density at radius 2 is 1.78 bits per heavy atom. The van der Waals surface area contributed by atoms with Crippen molar-refractivity contribution in [3.63, 3.8) is 0 Å². The Bertz CT molecular complexity index is 410. The molecule has 100 valence electrons. The molecule has 18 heavy (non-hydrogen) atoms. The summed E-state index contributed by atoms with van der Waals surface area (Å²) in [7, 11) is 0. The molecule has 0 atom stereocenters. The van der Waals surface area contributed by atoms with Crippen LogP contribution >= 0.6 is 0 Å². The van der Waals surface area contributed by atoms with Crippen molar-refractivity contribution in [3.8, 4) is 0 Å². The van der Waals surface area contributed by atoms with Gasteiger partial charge in [-0.2, -0.15) is 9.78 Å². The van der Waals surface area contributed by atoms with E-state index in [1.165, 1.54) is 17.3 Å². The number of nitrogens with two attached hydrogens (primary N) is 1. The first kappa shape index (κ1) is 13.9. The Balaban J connectivity index is 2.91. The van der Waals surface area contributed by atoms with Crippen LogP contribution in [0.3, 0.4) is 0 Å². The van der Waals surface area contributed by atoms with Gasteiger partial charge in [0.1, 0.15) is 24.9 Å². The van der Waals surface area contributed by atoms with E-state index in [0.29, 0.717) is 0 Å². The molecule has 0 aromatic carbocycles. The molecule has 1 aromatic rings. The van der Waals surface area contributed by atoms with Gasteiger partial charge in [-0.15, -0.1) is 0 Å². The summed E-state index contributed by atoms with van der Waals surface area (Å²) in [4.78, 5) is 14.0. The van der Waals surface area contributed by atoms with Crippen LogP contribution in [0.2, 0.25) is 0 Å². The Hall–Kier alpha value is -2.12. The van der Waals surface area contributed by atoms with Gasteiger partial charge in [-0.3, -0.25) is 0 Å². The first-order valence-corrected chi connectivity index (χ1v) is 5.59. The van der Waals surface area contributed by atoms with Gasteiger partial charge >= 0.3 is 0 Å². The minimum absolute atomic E-state index is 0.0647. The van der Waals surface area contributed by atoms with Gasteiger partial charge < -0.3 is 15.4 Å². The Morgan fingerprint density at radius 3 is 2.28 bits per heavy atom. The monoisotopic (exact) mass is 254 g/mol. The molecule has 0 saturated carbocycles. The summed E-state index contributed by atoms with van der Waals surface area (Å²) in [6.07, 6.45) is 2.65. The highest BCUT2D eigenvalue weighted by Crippen LogP contribution is 1.95. The average Bonchev–Trinajstić information content (AvgIpc) is 2.79. The zero-order chi connectivity index (χ0) is 13.5. The van der Waals surface area contributed by atoms with Gasteiger partial charge in [-0.25, -0.2) is 4.98 Å². The molecule has 0 radical (unpaired) electrons. The highest BCUT2D eigenvalue weighted by atomic mass is 16.6. The second kappa shape index (κ2) is 6.58. The maximum atomic E-state index is 5.77. The van der Waals surface area contributed by atoms with E-state index in [1.54, 1.807) is 0 Å². The minimum Gasteiger partial charge on any atom is -0.391 e. The number of rotatable bonds is 4. The normalized spacial score (nSPS) is 13.2. The smallest absolute Gasteiger partial charge is 0.240 e. The van der Waals surface area contributed by atoms with Crippen LogP contribution in [-0.2, 0) is 9.68 Å². The molecule has 0 fully saturated rings. The molecule has 0 amide bonds. The first-order valence-electron chi connectivity index (χ1n) is 5.59. The van der Waals surface area contributed by atoms with E-state index in [0.717, 1.165) is 0 Å². The fourth-order valence-electron chi connectivity index (χ4n) is 0.882. The van der Waals surface area contributed by atoms with Gasteiger partial charge in [-0.05, 0) is 27.7 Å². The molecule has 8 nitrogen and oxygen atoms in total. The van der Waals surface area contributed by atoms with Gasteiger partial charge in [0, 0.05) is 0 Å². The maximum absolute atomic E-state index is 5.77. The third-order valence-electron chi connectivity index (χ3n) is 1.58. The highest BCUT2D eigenvalue weighted by molar-refractivity contribution is 6.39. The molecular weight excluding hydrogens is 236 g/mol. The summed E-state index contributed by atoms with van der Waals surface area (Å²) in [6.45, 7) is 7.38. The van der Waals surface area contributed by atoms with Crippen molar-refractivity contribution in [1.29, 1.82) is 0 Å². The molecule has 0 aliphatic carbocycles. The number of nitrogens with zero attached hydrogens (tertiary/aromatic N) is 5. The van der Waals surface area contributed by atoms with Gasteiger partial charge in [0.2, 0.25) is 11.7 Å². The lowest BCUT2D eigenvalue weighted by molar-refractivity contribution is 0.0822. The lowest BCUT2D eigenvalue weighted by Gasteiger charge is -2.08. The molecule has 0 aliphatic rings. The van der Waals surface area contributed by atoms with Crippen molar-refractivity contribution in [2.75, 3.05) is 0 Å². The summed E-state index contributed by atoms with van der Waals surface area (Å²) in [6, 6.07) is 0. The Labute approximate surface area is 105 Å². The molecule has 1 rings (SSSR count). The molecule has 0 spiro atoms. The van der Waals surface area contributed by atoms with Gasteiger partial charge in [-0.1, -0.05) is 10.3 Å². The van der Waals surface area contributed by atoms with E-state index in [1.807, 2.05) is 27.7 Å². The second-order valence-electron chi connectivity index (χ2n) is 4.04. The van der Waals surface area contributed by atoms with Gasteiger partial charge in [0.25, 0.3) is 0 Å². The van der Waals surface area contributed by atoms with Gasteiger partial charge in [0.15, 0.2) is 0 Å². The third kappa shape index (κ3) is 4.40. The summed E-state index contributed by atoms with van der Waals surface area (Å²) in [5, 5.41) is 11.6.